The van der Waals surface area contributed by atoms with E-state index in [-0.39, 0.29) is 23.4 Å². The second-order valence-corrected chi connectivity index (χ2v) is 4.57. The molecule has 6 nitrogen and oxygen atoms in total. The number of aromatic hydroxyl groups is 1. The summed E-state index contributed by atoms with van der Waals surface area (Å²) >= 11 is 0. The van der Waals surface area contributed by atoms with Gasteiger partial charge in [0, 0.05) is 18.2 Å². The summed E-state index contributed by atoms with van der Waals surface area (Å²) < 4.78 is 4.57. The van der Waals surface area contributed by atoms with Gasteiger partial charge in [-0.1, -0.05) is 6.07 Å². The van der Waals surface area contributed by atoms with E-state index in [9.17, 15) is 14.7 Å². The number of hydrogen-bond acceptors (Lipinski definition) is 4. The molecule has 1 unspecified atom stereocenters. The normalized spacial score (nSPS) is 18.3. The highest BCUT2D eigenvalue weighted by atomic mass is 16.5. The van der Waals surface area contributed by atoms with Crippen LogP contribution in [0.15, 0.2) is 18.2 Å². The van der Waals surface area contributed by atoms with Crippen LogP contribution < -0.4 is 5.32 Å². The molecule has 0 aromatic heterocycles. The summed E-state index contributed by atoms with van der Waals surface area (Å²) in [5.74, 6) is -0.523. The van der Waals surface area contributed by atoms with Gasteiger partial charge in [-0.3, -0.25) is 0 Å². The zero-order valence-electron chi connectivity index (χ0n) is 10.8. The van der Waals surface area contributed by atoms with E-state index in [0.717, 1.165) is 0 Å². The Morgan fingerprint density at radius 3 is 2.84 bits per heavy atom. The summed E-state index contributed by atoms with van der Waals surface area (Å²) in [7, 11) is 1.28. The molecule has 0 aliphatic carbocycles. The number of ether oxygens (including phenoxy) is 1. The number of carbonyl (C=O) groups is 2. The lowest BCUT2D eigenvalue weighted by Crippen LogP contribution is -2.27. The number of methoxy groups -OCH3 is 1. The van der Waals surface area contributed by atoms with Crippen LogP contribution in [0.5, 0.6) is 5.75 Å². The van der Waals surface area contributed by atoms with Crippen LogP contribution >= 0.6 is 0 Å². The minimum Gasteiger partial charge on any atom is -0.508 e. The number of phenolic OH excluding ortho intramolecular Hbond substituents is 1. The number of amides is 2. The monoisotopic (exact) mass is 264 g/mol. The van der Waals surface area contributed by atoms with E-state index in [1.165, 1.54) is 13.2 Å². The highest BCUT2D eigenvalue weighted by Crippen LogP contribution is 2.22. The molecule has 1 aliphatic heterocycles. The smallest absolute Gasteiger partial charge is 0.337 e. The van der Waals surface area contributed by atoms with E-state index in [0.29, 0.717) is 18.7 Å². The van der Waals surface area contributed by atoms with Crippen molar-refractivity contribution in [3.05, 3.63) is 29.3 Å². The summed E-state index contributed by atoms with van der Waals surface area (Å²) in [6.07, 6.45) is 0. The number of nitrogens with zero attached hydrogens (tertiary/aromatic N) is 1. The molecule has 2 N–H and O–H groups in total. The molecule has 1 aromatic rings. The zero-order chi connectivity index (χ0) is 14.0. The molecule has 1 aromatic carbocycles. The van der Waals surface area contributed by atoms with E-state index in [1.54, 1.807) is 17.0 Å². The summed E-state index contributed by atoms with van der Waals surface area (Å²) in [5, 5.41) is 12.7. The van der Waals surface area contributed by atoms with Gasteiger partial charge in [-0.05, 0) is 19.1 Å². The van der Waals surface area contributed by atoms with Crippen LogP contribution in [0.3, 0.4) is 0 Å². The molecule has 1 heterocycles. The molecule has 1 atom stereocenters. The Kier molecular flexibility index (Phi) is 3.59. The van der Waals surface area contributed by atoms with Gasteiger partial charge in [0.1, 0.15) is 5.75 Å². The molecule has 102 valence electrons. The molecule has 0 bridgehead atoms. The van der Waals surface area contributed by atoms with Gasteiger partial charge in [0.15, 0.2) is 0 Å². The molecule has 1 aliphatic rings. The molecule has 2 amide bonds. The van der Waals surface area contributed by atoms with Crippen molar-refractivity contribution in [3.63, 3.8) is 0 Å². The van der Waals surface area contributed by atoms with Crippen molar-refractivity contribution >= 4 is 12.0 Å². The molecular weight excluding hydrogens is 248 g/mol. The highest BCUT2D eigenvalue weighted by molar-refractivity contribution is 5.89. The average Bonchev–Trinajstić information content (AvgIpc) is 2.69. The van der Waals surface area contributed by atoms with Crippen LogP contribution in [0.1, 0.15) is 22.8 Å². The number of carbonyl (C=O) groups excluding carboxylic acids is 2. The molecule has 6 heteroatoms. The number of nitrogens with one attached hydrogen (secondary N) is 1. The second kappa shape index (κ2) is 5.17. The fourth-order valence-electron chi connectivity index (χ4n) is 2.05. The lowest BCUT2D eigenvalue weighted by Gasteiger charge is -2.15. The maximum Gasteiger partial charge on any atom is 0.337 e. The molecule has 1 fully saturated rings. The quantitative estimate of drug-likeness (QED) is 0.801. The second-order valence-electron chi connectivity index (χ2n) is 4.57. The standard InChI is InChI=1S/C13H16N2O4/c1-8-6-15(13(18)14-8)7-10-4-3-9(5-11(10)16)12(17)19-2/h3-5,8,16H,6-7H2,1-2H3,(H,14,18). The minimum absolute atomic E-state index is 0.0183. The minimum atomic E-state index is -0.505. The van der Waals surface area contributed by atoms with Gasteiger partial charge < -0.3 is 20.1 Å². The van der Waals surface area contributed by atoms with Crippen molar-refractivity contribution in [1.82, 2.24) is 10.2 Å². The molecular formula is C13H16N2O4. The van der Waals surface area contributed by atoms with Crippen molar-refractivity contribution in [3.8, 4) is 5.75 Å². The predicted molar refractivity (Wildman–Crippen MR) is 67.9 cm³/mol. The largest absolute Gasteiger partial charge is 0.508 e. The summed E-state index contributed by atoms with van der Waals surface area (Å²) in [6.45, 7) is 2.82. The number of rotatable bonds is 3. The van der Waals surface area contributed by atoms with Crippen LogP contribution in [0.25, 0.3) is 0 Å². The van der Waals surface area contributed by atoms with Gasteiger partial charge in [0.05, 0.1) is 19.2 Å². The number of urea groups is 1. The van der Waals surface area contributed by atoms with E-state index >= 15 is 0 Å². The van der Waals surface area contributed by atoms with Crippen LogP contribution in [0, 0.1) is 0 Å². The van der Waals surface area contributed by atoms with Crippen LogP contribution in [-0.4, -0.2) is 41.7 Å². The van der Waals surface area contributed by atoms with E-state index < -0.39 is 5.97 Å². The van der Waals surface area contributed by atoms with Gasteiger partial charge in [-0.25, -0.2) is 9.59 Å². The van der Waals surface area contributed by atoms with Crippen LogP contribution in [0.2, 0.25) is 0 Å². The Morgan fingerprint density at radius 1 is 1.58 bits per heavy atom. The molecule has 1 saturated heterocycles. The topological polar surface area (TPSA) is 78.9 Å². The number of esters is 1. The first kappa shape index (κ1) is 13.2. The van der Waals surface area contributed by atoms with Crippen molar-refractivity contribution in [1.29, 1.82) is 0 Å². The molecule has 0 spiro atoms. The molecule has 2 rings (SSSR count). The first-order valence-electron chi connectivity index (χ1n) is 5.97. The lowest BCUT2D eigenvalue weighted by molar-refractivity contribution is 0.0600. The van der Waals surface area contributed by atoms with Crippen molar-refractivity contribution in [2.45, 2.75) is 19.5 Å². The van der Waals surface area contributed by atoms with Crippen molar-refractivity contribution in [2.75, 3.05) is 13.7 Å². The van der Waals surface area contributed by atoms with Gasteiger partial charge in [0.2, 0.25) is 0 Å². The van der Waals surface area contributed by atoms with Gasteiger partial charge in [-0.2, -0.15) is 0 Å². The first-order chi connectivity index (χ1) is 9.01. The third kappa shape index (κ3) is 2.78. The first-order valence-corrected chi connectivity index (χ1v) is 5.97. The number of hydrogen-bond donors (Lipinski definition) is 2. The SMILES string of the molecule is COC(=O)c1ccc(CN2CC(C)NC2=O)c(O)c1. The van der Waals surface area contributed by atoms with Crippen molar-refractivity contribution < 1.29 is 19.4 Å². The predicted octanol–water partition coefficient (Wildman–Crippen LogP) is 1.09. The Labute approximate surface area is 111 Å². The summed E-state index contributed by atoms with van der Waals surface area (Å²) in [6, 6.07) is 4.49. The fraction of sp³-hybridized carbons (Fsp3) is 0.385. The maximum absolute atomic E-state index is 11.6. The number of benzene rings is 1. The lowest BCUT2D eigenvalue weighted by atomic mass is 10.1. The van der Waals surface area contributed by atoms with Gasteiger partial charge in [0.25, 0.3) is 0 Å². The van der Waals surface area contributed by atoms with Crippen molar-refractivity contribution in [2.24, 2.45) is 0 Å². The maximum atomic E-state index is 11.6. The average molecular weight is 264 g/mol. The van der Waals surface area contributed by atoms with Gasteiger partial charge >= 0.3 is 12.0 Å². The number of phenols is 1. The highest BCUT2D eigenvalue weighted by Gasteiger charge is 2.26. The molecule has 0 saturated carbocycles. The molecule has 0 radical (unpaired) electrons. The van der Waals surface area contributed by atoms with E-state index in [1.807, 2.05) is 6.92 Å². The third-order valence-corrected chi connectivity index (χ3v) is 3.02. The Hall–Kier alpha value is -2.24. The summed E-state index contributed by atoms with van der Waals surface area (Å²) in [5.41, 5.74) is 0.875. The Bertz CT molecular complexity index is 515. The third-order valence-electron chi connectivity index (χ3n) is 3.02. The fourth-order valence-corrected chi connectivity index (χ4v) is 2.05. The van der Waals surface area contributed by atoms with E-state index in [4.69, 9.17) is 0 Å². The van der Waals surface area contributed by atoms with E-state index in [2.05, 4.69) is 10.1 Å². The zero-order valence-corrected chi connectivity index (χ0v) is 10.8. The van der Waals surface area contributed by atoms with Crippen LogP contribution in [-0.2, 0) is 11.3 Å². The molecule has 19 heavy (non-hydrogen) atoms. The Balaban J connectivity index is 2.13. The van der Waals surface area contributed by atoms with Gasteiger partial charge in [-0.15, -0.1) is 0 Å². The summed E-state index contributed by atoms with van der Waals surface area (Å²) in [4.78, 5) is 24.5. The van der Waals surface area contributed by atoms with Crippen LogP contribution in [0.4, 0.5) is 4.79 Å². The Morgan fingerprint density at radius 2 is 2.32 bits per heavy atom.